The maximum atomic E-state index is 12.0. The molecular formula is C13H18O7S. The second kappa shape index (κ2) is 6.39. The van der Waals surface area contributed by atoms with Gasteiger partial charge in [-0.2, -0.15) is 8.42 Å². The second-order valence-electron chi connectivity index (χ2n) is 4.97. The number of ether oxygens (including phenoxy) is 1. The van der Waals surface area contributed by atoms with Gasteiger partial charge in [-0.05, 0) is 19.1 Å². The number of aliphatic hydroxyl groups excluding tert-OH is 3. The number of benzene rings is 1. The average Bonchev–Trinajstić information content (AvgIpc) is 2.44. The molecule has 0 spiro atoms. The maximum absolute atomic E-state index is 12.0. The third-order valence-electron chi connectivity index (χ3n) is 3.30. The molecule has 0 saturated carbocycles. The van der Waals surface area contributed by atoms with Crippen LogP contribution in [0.1, 0.15) is 5.56 Å². The highest BCUT2D eigenvalue weighted by Crippen LogP contribution is 2.19. The van der Waals surface area contributed by atoms with Crippen molar-refractivity contribution < 1.29 is 32.7 Å². The molecule has 1 saturated heterocycles. The van der Waals surface area contributed by atoms with Gasteiger partial charge in [-0.15, -0.1) is 0 Å². The molecule has 0 bridgehead atoms. The fraction of sp³-hybridized carbons (Fsp3) is 0.538. The first-order valence-corrected chi connectivity index (χ1v) is 7.84. The highest BCUT2D eigenvalue weighted by molar-refractivity contribution is 7.86. The molecule has 0 unspecified atom stereocenters. The van der Waals surface area contributed by atoms with Crippen molar-refractivity contribution in [2.24, 2.45) is 0 Å². The molecule has 4 atom stereocenters. The van der Waals surface area contributed by atoms with Gasteiger partial charge in [0.25, 0.3) is 10.1 Å². The Hall–Kier alpha value is -1.03. The molecule has 21 heavy (non-hydrogen) atoms. The van der Waals surface area contributed by atoms with Gasteiger partial charge in [0.05, 0.1) is 18.1 Å². The zero-order valence-electron chi connectivity index (χ0n) is 11.4. The standard InChI is InChI=1S/C13H18O7S/c1-8-2-4-9(5-3-8)21(17,18)20-7-11-13(16)12(15)10(14)6-19-11/h2-5,10-16H,6-7H2,1H3/t10-,11+,12+,13+/m0/s1. The molecule has 0 aromatic heterocycles. The Labute approximate surface area is 122 Å². The number of aliphatic hydroxyl groups is 3. The van der Waals surface area contributed by atoms with Crippen molar-refractivity contribution in [2.75, 3.05) is 13.2 Å². The van der Waals surface area contributed by atoms with E-state index < -0.39 is 41.1 Å². The minimum absolute atomic E-state index is 0.000942. The molecule has 0 aliphatic carbocycles. The number of rotatable bonds is 4. The van der Waals surface area contributed by atoms with E-state index in [2.05, 4.69) is 0 Å². The lowest BCUT2D eigenvalue weighted by atomic mass is 10.0. The van der Waals surface area contributed by atoms with Gasteiger partial charge in [0.2, 0.25) is 0 Å². The fourth-order valence-electron chi connectivity index (χ4n) is 1.94. The van der Waals surface area contributed by atoms with E-state index in [0.29, 0.717) is 0 Å². The Morgan fingerprint density at radius 1 is 1.19 bits per heavy atom. The van der Waals surface area contributed by atoms with E-state index in [4.69, 9.17) is 8.92 Å². The molecule has 0 amide bonds. The van der Waals surface area contributed by atoms with E-state index >= 15 is 0 Å². The summed E-state index contributed by atoms with van der Waals surface area (Å²) in [5, 5.41) is 28.5. The highest BCUT2D eigenvalue weighted by atomic mass is 32.2. The summed E-state index contributed by atoms with van der Waals surface area (Å²) in [4.78, 5) is -0.000942. The van der Waals surface area contributed by atoms with Crippen molar-refractivity contribution in [3.8, 4) is 0 Å². The summed E-state index contributed by atoms with van der Waals surface area (Å²) in [6.45, 7) is 1.19. The molecule has 7 nitrogen and oxygen atoms in total. The molecule has 118 valence electrons. The first kappa shape index (κ1) is 16.3. The molecule has 8 heteroatoms. The average molecular weight is 318 g/mol. The summed E-state index contributed by atoms with van der Waals surface area (Å²) in [5.74, 6) is 0. The predicted octanol–water partition coefficient (Wildman–Crippen LogP) is -0.818. The Morgan fingerprint density at radius 2 is 1.81 bits per heavy atom. The Bertz CT molecular complexity index is 569. The van der Waals surface area contributed by atoms with Crippen LogP contribution in [0.4, 0.5) is 0 Å². The van der Waals surface area contributed by atoms with Crippen molar-refractivity contribution in [2.45, 2.75) is 36.2 Å². The van der Waals surface area contributed by atoms with Crippen molar-refractivity contribution in [3.05, 3.63) is 29.8 Å². The van der Waals surface area contributed by atoms with E-state index in [-0.39, 0.29) is 11.5 Å². The quantitative estimate of drug-likeness (QED) is 0.622. The summed E-state index contributed by atoms with van der Waals surface area (Å²) < 4.78 is 33.9. The van der Waals surface area contributed by atoms with Gasteiger partial charge in [0.1, 0.15) is 24.4 Å². The van der Waals surface area contributed by atoms with E-state index in [1.165, 1.54) is 12.1 Å². The van der Waals surface area contributed by atoms with Crippen LogP contribution in [0.15, 0.2) is 29.2 Å². The van der Waals surface area contributed by atoms with Crippen LogP contribution in [-0.2, 0) is 19.0 Å². The van der Waals surface area contributed by atoms with E-state index in [9.17, 15) is 23.7 Å². The molecule has 3 N–H and O–H groups in total. The number of hydrogen-bond acceptors (Lipinski definition) is 7. The zero-order chi connectivity index (χ0) is 15.6. The number of aryl methyl sites for hydroxylation is 1. The summed E-state index contributed by atoms with van der Waals surface area (Å²) in [5.41, 5.74) is 0.914. The minimum Gasteiger partial charge on any atom is -0.388 e. The van der Waals surface area contributed by atoms with Crippen molar-refractivity contribution in [1.82, 2.24) is 0 Å². The molecular weight excluding hydrogens is 300 g/mol. The molecule has 1 aromatic rings. The van der Waals surface area contributed by atoms with Crippen LogP contribution in [0.3, 0.4) is 0 Å². The van der Waals surface area contributed by atoms with E-state index in [0.717, 1.165) is 5.56 Å². The van der Waals surface area contributed by atoms with Crippen LogP contribution in [-0.4, -0.2) is 61.4 Å². The van der Waals surface area contributed by atoms with Gasteiger partial charge in [-0.3, -0.25) is 4.18 Å². The van der Waals surface area contributed by atoms with Gasteiger partial charge in [0.15, 0.2) is 0 Å². The summed E-state index contributed by atoms with van der Waals surface area (Å²) in [6, 6.07) is 6.12. The molecule has 1 heterocycles. The molecule has 1 aromatic carbocycles. The minimum atomic E-state index is -3.97. The van der Waals surface area contributed by atoms with Crippen LogP contribution in [0.5, 0.6) is 0 Å². The maximum Gasteiger partial charge on any atom is 0.297 e. The monoisotopic (exact) mass is 318 g/mol. The molecule has 2 rings (SSSR count). The first-order chi connectivity index (χ1) is 9.81. The van der Waals surface area contributed by atoms with Crippen LogP contribution < -0.4 is 0 Å². The largest absolute Gasteiger partial charge is 0.388 e. The Balaban J connectivity index is 2.00. The molecule has 1 aliphatic heterocycles. The first-order valence-electron chi connectivity index (χ1n) is 6.43. The van der Waals surface area contributed by atoms with Crippen molar-refractivity contribution in [1.29, 1.82) is 0 Å². The summed E-state index contributed by atoms with van der Waals surface area (Å²) >= 11 is 0. The third-order valence-corrected chi connectivity index (χ3v) is 4.60. The SMILES string of the molecule is Cc1ccc(S(=O)(=O)OC[C@H]2OC[C@H](O)[C@@H](O)[C@@H]2O)cc1. The lowest BCUT2D eigenvalue weighted by molar-refractivity contribution is -0.192. The van der Waals surface area contributed by atoms with Crippen LogP contribution in [0.2, 0.25) is 0 Å². The topological polar surface area (TPSA) is 113 Å². The van der Waals surface area contributed by atoms with E-state index in [1.54, 1.807) is 12.1 Å². The van der Waals surface area contributed by atoms with Crippen molar-refractivity contribution in [3.63, 3.8) is 0 Å². The van der Waals surface area contributed by atoms with Gasteiger partial charge >= 0.3 is 0 Å². The third kappa shape index (κ3) is 3.79. The molecule has 0 radical (unpaired) electrons. The Morgan fingerprint density at radius 3 is 2.43 bits per heavy atom. The summed E-state index contributed by atoms with van der Waals surface area (Å²) in [7, 11) is -3.97. The highest BCUT2D eigenvalue weighted by Gasteiger charge is 2.38. The van der Waals surface area contributed by atoms with Gasteiger partial charge in [0, 0.05) is 0 Å². The molecule has 1 fully saturated rings. The smallest absolute Gasteiger partial charge is 0.297 e. The zero-order valence-corrected chi connectivity index (χ0v) is 12.2. The van der Waals surface area contributed by atoms with Crippen LogP contribution >= 0.6 is 0 Å². The van der Waals surface area contributed by atoms with E-state index in [1.807, 2.05) is 6.92 Å². The van der Waals surface area contributed by atoms with Gasteiger partial charge < -0.3 is 20.1 Å². The Kier molecular flexibility index (Phi) is 4.97. The van der Waals surface area contributed by atoms with Crippen LogP contribution in [0, 0.1) is 6.92 Å². The van der Waals surface area contributed by atoms with Gasteiger partial charge in [-0.1, -0.05) is 17.7 Å². The lowest BCUT2D eigenvalue weighted by Gasteiger charge is -2.34. The molecule has 1 aliphatic rings. The normalized spacial score (nSPS) is 30.3. The van der Waals surface area contributed by atoms with Gasteiger partial charge in [-0.25, -0.2) is 0 Å². The van der Waals surface area contributed by atoms with Crippen molar-refractivity contribution >= 4 is 10.1 Å². The second-order valence-corrected chi connectivity index (χ2v) is 6.59. The van der Waals surface area contributed by atoms with Crippen LogP contribution in [0.25, 0.3) is 0 Å². The number of hydrogen-bond donors (Lipinski definition) is 3. The summed E-state index contributed by atoms with van der Waals surface area (Å²) in [6.07, 6.45) is -5.04. The predicted molar refractivity (Wildman–Crippen MR) is 72.1 cm³/mol. The fourth-order valence-corrected chi connectivity index (χ4v) is 2.86. The lowest BCUT2D eigenvalue weighted by Crippen LogP contribution is -2.54.